The van der Waals surface area contributed by atoms with Gasteiger partial charge in [-0.3, -0.25) is 0 Å². The van der Waals surface area contributed by atoms with Gasteiger partial charge in [0.2, 0.25) is 0 Å². The fraction of sp³-hybridized carbons (Fsp3) is 0.250. The van der Waals surface area contributed by atoms with Crippen LogP contribution in [0.5, 0.6) is 0 Å². The number of halogens is 1. The van der Waals surface area contributed by atoms with Crippen molar-refractivity contribution >= 4 is 23.0 Å². The lowest BCUT2D eigenvalue weighted by Gasteiger charge is -2.29. The summed E-state index contributed by atoms with van der Waals surface area (Å²) >= 11 is 6.06. The first-order chi connectivity index (χ1) is 9.00. The van der Waals surface area contributed by atoms with Crippen LogP contribution in [0.2, 0.25) is 5.02 Å². The highest BCUT2D eigenvalue weighted by atomic mass is 35.5. The predicted octanol–water partition coefficient (Wildman–Crippen LogP) is 4.43. The molecule has 0 fully saturated rings. The summed E-state index contributed by atoms with van der Waals surface area (Å²) in [5, 5.41) is 0.766. The molecule has 0 aliphatic carbocycles. The van der Waals surface area contributed by atoms with Crippen molar-refractivity contribution in [3.05, 3.63) is 58.6 Å². The van der Waals surface area contributed by atoms with Crippen LogP contribution in [0.15, 0.2) is 42.5 Å². The number of nitrogens with two attached hydrogens (primary N) is 1. The van der Waals surface area contributed by atoms with Crippen molar-refractivity contribution < 1.29 is 0 Å². The van der Waals surface area contributed by atoms with Gasteiger partial charge in [-0.25, -0.2) is 0 Å². The number of anilines is 2. The lowest BCUT2D eigenvalue weighted by Crippen LogP contribution is -2.22. The van der Waals surface area contributed by atoms with Gasteiger partial charge < -0.3 is 10.6 Å². The Balaban J connectivity index is 2.33. The summed E-state index contributed by atoms with van der Waals surface area (Å²) in [6.07, 6.45) is 0. The highest BCUT2D eigenvalue weighted by Gasteiger charge is 2.15. The molecule has 100 valence electrons. The molecule has 0 aliphatic heterocycles. The van der Waals surface area contributed by atoms with Crippen LogP contribution in [0.4, 0.5) is 11.4 Å². The van der Waals surface area contributed by atoms with E-state index in [0.29, 0.717) is 0 Å². The summed E-state index contributed by atoms with van der Waals surface area (Å²) in [4.78, 5) is 2.22. The fourth-order valence-electron chi connectivity index (χ4n) is 2.22. The third-order valence-electron chi connectivity index (χ3n) is 3.64. The molecule has 2 rings (SSSR count). The third-order valence-corrected chi connectivity index (χ3v) is 3.87. The van der Waals surface area contributed by atoms with E-state index in [9.17, 15) is 0 Å². The average molecular weight is 275 g/mol. The lowest BCUT2D eigenvalue weighted by atomic mass is 10.0. The first-order valence-corrected chi connectivity index (χ1v) is 6.72. The minimum atomic E-state index is 0.235. The number of benzene rings is 2. The second-order valence-electron chi connectivity index (χ2n) is 4.83. The number of nitrogen functional groups attached to an aromatic ring is 1. The number of rotatable bonds is 3. The second kappa shape index (κ2) is 5.54. The maximum atomic E-state index is 6.06. The van der Waals surface area contributed by atoms with Crippen LogP contribution in [0, 0.1) is 6.92 Å². The van der Waals surface area contributed by atoms with E-state index >= 15 is 0 Å². The number of nitrogens with zero attached hydrogens (tertiary/aromatic N) is 1. The molecule has 1 atom stereocenters. The zero-order valence-corrected chi connectivity index (χ0v) is 12.3. The molecule has 0 aliphatic rings. The topological polar surface area (TPSA) is 29.3 Å². The van der Waals surface area contributed by atoms with E-state index in [1.807, 2.05) is 37.3 Å². The molecule has 3 heteroatoms. The highest BCUT2D eigenvalue weighted by molar-refractivity contribution is 6.30. The largest absolute Gasteiger partial charge is 0.398 e. The van der Waals surface area contributed by atoms with Gasteiger partial charge in [-0.05, 0) is 49.2 Å². The molecule has 0 spiro atoms. The summed E-state index contributed by atoms with van der Waals surface area (Å²) in [6, 6.07) is 14.2. The van der Waals surface area contributed by atoms with E-state index in [2.05, 4.69) is 31.0 Å². The molecule has 0 bridgehead atoms. The molecular formula is C16H19ClN2. The van der Waals surface area contributed by atoms with Gasteiger partial charge in [0.05, 0.1) is 6.04 Å². The van der Waals surface area contributed by atoms with E-state index in [4.69, 9.17) is 17.3 Å². The van der Waals surface area contributed by atoms with Gasteiger partial charge in [-0.1, -0.05) is 29.8 Å². The van der Waals surface area contributed by atoms with Gasteiger partial charge in [0.1, 0.15) is 0 Å². The SMILES string of the molecule is Cc1c(N)cccc1N(C)C(C)c1cccc(Cl)c1. The Morgan fingerprint density at radius 2 is 1.84 bits per heavy atom. The molecule has 1 unspecified atom stereocenters. The zero-order valence-electron chi connectivity index (χ0n) is 11.5. The Kier molecular flexibility index (Phi) is 4.01. The smallest absolute Gasteiger partial charge is 0.0511 e. The van der Waals surface area contributed by atoms with E-state index in [1.54, 1.807) is 0 Å². The number of hydrogen-bond donors (Lipinski definition) is 1. The molecule has 0 heterocycles. The Morgan fingerprint density at radius 1 is 1.16 bits per heavy atom. The maximum absolute atomic E-state index is 6.06. The lowest BCUT2D eigenvalue weighted by molar-refractivity contribution is 0.738. The monoisotopic (exact) mass is 274 g/mol. The van der Waals surface area contributed by atoms with Crippen molar-refractivity contribution in [2.24, 2.45) is 0 Å². The number of hydrogen-bond acceptors (Lipinski definition) is 2. The van der Waals surface area contributed by atoms with Gasteiger partial charge in [-0.15, -0.1) is 0 Å². The maximum Gasteiger partial charge on any atom is 0.0511 e. The molecule has 0 saturated heterocycles. The van der Waals surface area contributed by atoms with Gasteiger partial charge in [0.15, 0.2) is 0 Å². The molecule has 0 saturated carbocycles. The van der Waals surface area contributed by atoms with Crippen molar-refractivity contribution in [1.29, 1.82) is 0 Å². The Hall–Kier alpha value is -1.67. The van der Waals surface area contributed by atoms with Crippen molar-refractivity contribution in [1.82, 2.24) is 0 Å². The first-order valence-electron chi connectivity index (χ1n) is 6.34. The minimum Gasteiger partial charge on any atom is -0.398 e. The molecule has 2 nitrogen and oxygen atoms in total. The normalized spacial score (nSPS) is 12.2. The van der Waals surface area contributed by atoms with E-state index in [1.165, 1.54) is 5.56 Å². The average Bonchev–Trinajstić information content (AvgIpc) is 2.40. The van der Waals surface area contributed by atoms with Crippen LogP contribution in [0.3, 0.4) is 0 Å². The van der Waals surface area contributed by atoms with Gasteiger partial charge >= 0.3 is 0 Å². The molecular weight excluding hydrogens is 256 g/mol. The second-order valence-corrected chi connectivity index (χ2v) is 5.27. The Labute approximate surface area is 119 Å². The summed E-state index contributed by atoms with van der Waals surface area (Å²) in [7, 11) is 2.08. The van der Waals surface area contributed by atoms with Crippen LogP contribution in [-0.4, -0.2) is 7.05 Å². The van der Waals surface area contributed by atoms with Gasteiger partial charge in [0.25, 0.3) is 0 Å². The van der Waals surface area contributed by atoms with Gasteiger partial charge in [-0.2, -0.15) is 0 Å². The minimum absolute atomic E-state index is 0.235. The van der Waals surface area contributed by atoms with Crippen LogP contribution >= 0.6 is 11.6 Å². The molecule has 0 amide bonds. The zero-order chi connectivity index (χ0) is 14.0. The summed E-state index contributed by atoms with van der Waals surface area (Å²) in [5.41, 5.74) is 10.2. The van der Waals surface area contributed by atoms with E-state index in [-0.39, 0.29) is 6.04 Å². The van der Waals surface area contributed by atoms with Gasteiger partial charge in [0, 0.05) is 23.4 Å². The first kappa shape index (κ1) is 13.8. The van der Waals surface area contributed by atoms with Crippen LogP contribution in [-0.2, 0) is 0 Å². The van der Waals surface area contributed by atoms with Crippen LogP contribution in [0.25, 0.3) is 0 Å². The predicted molar refractivity (Wildman–Crippen MR) is 83.9 cm³/mol. The molecule has 2 N–H and O–H groups in total. The summed E-state index contributed by atoms with van der Waals surface area (Å²) < 4.78 is 0. The third kappa shape index (κ3) is 2.85. The van der Waals surface area contributed by atoms with Crippen molar-refractivity contribution in [3.63, 3.8) is 0 Å². The Bertz CT molecular complexity index is 581. The summed E-state index contributed by atoms with van der Waals surface area (Å²) in [6.45, 7) is 4.21. The standard InChI is InChI=1S/C16H19ClN2/c1-11-15(18)8-5-9-16(11)19(3)12(2)13-6-4-7-14(17)10-13/h4-10,12H,18H2,1-3H3. The van der Waals surface area contributed by atoms with Crippen LogP contribution < -0.4 is 10.6 Å². The van der Waals surface area contributed by atoms with Crippen molar-refractivity contribution in [2.45, 2.75) is 19.9 Å². The Morgan fingerprint density at radius 3 is 2.53 bits per heavy atom. The summed E-state index contributed by atoms with van der Waals surface area (Å²) in [5.74, 6) is 0. The molecule has 2 aromatic carbocycles. The molecule has 2 aromatic rings. The van der Waals surface area contributed by atoms with Crippen LogP contribution in [0.1, 0.15) is 24.1 Å². The molecule has 0 radical (unpaired) electrons. The van der Waals surface area contributed by atoms with Crippen molar-refractivity contribution in [2.75, 3.05) is 17.7 Å². The van der Waals surface area contributed by atoms with Crippen molar-refractivity contribution in [3.8, 4) is 0 Å². The molecule has 0 aromatic heterocycles. The molecule has 19 heavy (non-hydrogen) atoms. The highest BCUT2D eigenvalue weighted by Crippen LogP contribution is 2.31. The quantitative estimate of drug-likeness (QED) is 0.839. The fourth-order valence-corrected chi connectivity index (χ4v) is 2.42. The van der Waals surface area contributed by atoms with E-state index < -0.39 is 0 Å². The van der Waals surface area contributed by atoms with E-state index in [0.717, 1.165) is 22.0 Å².